The molecule has 0 saturated heterocycles. The molecule has 2 aromatic rings. The van der Waals surface area contributed by atoms with Crippen molar-refractivity contribution in [1.29, 1.82) is 0 Å². The molecule has 1 aliphatic carbocycles. The molecule has 26 heavy (non-hydrogen) atoms. The van der Waals surface area contributed by atoms with Crippen molar-refractivity contribution in [2.75, 3.05) is 13.7 Å². The molecular weight excluding hydrogens is 339 g/mol. The summed E-state index contributed by atoms with van der Waals surface area (Å²) in [7, 11) is 1.62. The fourth-order valence-electron chi connectivity index (χ4n) is 3.13. The predicted octanol–water partition coefficient (Wildman–Crippen LogP) is 2.72. The lowest BCUT2D eigenvalue weighted by molar-refractivity contribution is -0.143. The zero-order valence-corrected chi connectivity index (χ0v) is 14.9. The summed E-state index contributed by atoms with van der Waals surface area (Å²) in [5, 5.41) is 2.95. The minimum Gasteiger partial charge on any atom is -0.441 e. The summed E-state index contributed by atoms with van der Waals surface area (Å²) < 4.78 is 30.3. The number of nitrogens with one attached hydrogen (secondary N) is 1. The van der Waals surface area contributed by atoms with Gasteiger partial charge in [0.05, 0.1) is 23.9 Å². The van der Waals surface area contributed by atoms with E-state index in [1.165, 1.54) is 12.3 Å². The molecule has 140 valence electrons. The summed E-state index contributed by atoms with van der Waals surface area (Å²) in [4.78, 5) is 16.3. The maximum absolute atomic E-state index is 13.8. The number of methoxy groups -OCH3 is 1. The highest BCUT2D eigenvalue weighted by atomic mass is 19.1. The van der Waals surface area contributed by atoms with Crippen LogP contribution in [0.2, 0.25) is 0 Å². The summed E-state index contributed by atoms with van der Waals surface area (Å²) in [5.74, 6) is 0.295. The first-order valence-electron chi connectivity index (χ1n) is 8.75. The van der Waals surface area contributed by atoms with Crippen LogP contribution in [0.5, 0.6) is 0 Å². The predicted molar refractivity (Wildman–Crippen MR) is 93.0 cm³/mol. The van der Waals surface area contributed by atoms with Gasteiger partial charge in [0.2, 0.25) is 5.91 Å². The Morgan fingerprint density at radius 1 is 1.42 bits per heavy atom. The maximum Gasteiger partial charge on any atom is 0.220 e. The first-order chi connectivity index (χ1) is 12.6. The van der Waals surface area contributed by atoms with Gasteiger partial charge in [-0.2, -0.15) is 0 Å². The molecule has 1 fully saturated rings. The number of benzene rings is 1. The largest absolute Gasteiger partial charge is 0.441 e. The summed E-state index contributed by atoms with van der Waals surface area (Å²) in [5.41, 5.74) is 0.357. The molecule has 1 aromatic heterocycles. The van der Waals surface area contributed by atoms with Crippen LogP contribution in [0.3, 0.4) is 0 Å². The van der Waals surface area contributed by atoms with Gasteiger partial charge in [-0.3, -0.25) is 4.79 Å². The van der Waals surface area contributed by atoms with Crippen LogP contribution in [0.25, 0.3) is 11.3 Å². The summed E-state index contributed by atoms with van der Waals surface area (Å²) in [6.07, 6.45) is 2.72. The average molecular weight is 362 g/mol. The smallest absolute Gasteiger partial charge is 0.220 e. The molecule has 1 aliphatic rings. The number of carbonyl (C=O) groups is 1. The first-order valence-corrected chi connectivity index (χ1v) is 8.75. The van der Waals surface area contributed by atoms with E-state index in [1.807, 2.05) is 6.92 Å². The fourth-order valence-corrected chi connectivity index (χ4v) is 3.13. The second-order valence-corrected chi connectivity index (χ2v) is 6.20. The quantitative estimate of drug-likeness (QED) is 0.782. The number of halogens is 1. The SMILES string of the molecule is CCO[C@@H]1C[C@@H](NC(=O)CCc2ncc(-c3ccccc3F)o2)[C@@H]1OC. The third-order valence-electron chi connectivity index (χ3n) is 4.51. The van der Waals surface area contributed by atoms with E-state index >= 15 is 0 Å². The number of amides is 1. The topological polar surface area (TPSA) is 73.6 Å². The molecule has 3 rings (SSSR count). The van der Waals surface area contributed by atoms with Gasteiger partial charge in [-0.15, -0.1) is 0 Å². The van der Waals surface area contributed by atoms with Crippen molar-refractivity contribution in [3.8, 4) is 11.3 Å². The van der Waals surface area contributed by atoms with E-state index in [4.69, 9.17) is 13.9 Å². The number of hydrogen-bond acceptors (Lipinski definition) is 5. The number of rotatable bonds is 8. The summed E-state index contributed by atoms with van der Waals surface area (Å²) in [6.45, 7) is 2.56. The number of aromatic nitrogens is 1. The van der Waals surface area contributed by atoms with Crippen molar-refractivity contribution in [1.82, 2.24) is 10.3 Å². The highest BCUT2D eigenvalue weighted by molar-refractivity contribution is 5.76. The van der Waals surface area contributed by atoms with Crippen LogP contribution in [0.4, 0.5) is 4.39 Å². The van der Waals surface area contributed by atoms with Gasteiger partial charge >= 0.3 is 0 Å². The van der Waals surface area contributed by atoms with Crippen molar-refractivity contribution in [3.63, 3.8) is 0 Å². The number of oxazole rings is 1. The molecule has 0 aliphatic heterocycles. The van der Waals surface area contributed by atoms with Gasteiger partial charge in [0.15, 0.2) is 11.7 Å². The molecule has 0 radical (unpaired) electrons. The van der Waals surface area contributed by atoms with Crippen LogP contribution in [-0.4, -0.2) is 42.9 Å². The average Bonchev–Trinajstić information content (AvgIpc) is 3.08. The minimum absolute atomic E-state index is 0.0327. The molecule has 7 heteroatoms. The molecular formula is C19H23FN2O4. The van der Waals surface area contributed by atoms with E-state index in [1.54, 1.807) is 25.3 Å². The van der Waals surface area contributed by atoms with Gasteiger partial charge in [-0.05, 0) is 25.5 Å². The molecule has 0 unspecified atom stereocenters. The number of ether oxygens (including phenoxy) is 2. The molecule has 1 aromatic carbocycles. The van der Waals surface area contributed by atoms with E-state index in [-0.39, 0.29) is 36.4 Å². The van der Waals surface area contributed by atoms with Crippen LogP contribution in [0.1, 0.15) is 25.7 Å². The van der Waals surface area contributed by atoms with Gasteiger partial charge in [-0.1, -0.05) is 12.1 Å². The van der Waals surface area contributed by atoms with Gasteiger partial charge < -0.3 is 19.2 Å². The van der Waals surface area contributed by atoms with Crippen LogP contribution in [0, 0.1) is 5.82 Å². The van der Waals surface area contributed by atoms with Crippen molar-refractivity contribution in [2.24, 2.45) is 0 Å². The number of aryl methyl sites for hydroxylation is 1. The Morgan fingerprint density at radius 2 is 2.23 bits per heavy atom. The van der Waals surface area contributed by atoms with E-state index in [0.29, 0.717) is 30.2 Å². The number of nitrogens with zero attached hydrogens (tertiary/aromatic N) is 1. The third kappa shape index (κ3) is 4.11. The Labute approximate surface area is 151 Å². The van der Waals surface area contributed by atoms with Crippen LogP contribution >= 0.6 is 0 Å². The standard InChI is InChI=1S/C19H23FN2O4/c1-3-25-15-10-14(19(15)24-2)22-17(23)8-9-18-21-11-16(26-18)12-6-4-5-7-13(12)20/h4-7,11,14-15,19H,3,8-10H2,1-2H3,(H,22,23)/t14-,15-,19+/m1/s1. The lowest BCUT2D eigenvalue weighted by Gasteiger charge is -2.43. The second-order valence-electron chi connectivity index (χ2n) is 6.20. The molecule has 6 nitrogen and oxygen atoms in total. The fraction of sp³-hybridized carbons (Fsp3) is 0.474. The lowest BCUT2D eigenvalue weighted by Crippen LogP contribution is -2.61. The monoisotopic (exact) mass is 362 g/mol. The Hall–Kier alpha value is -2.25. The molecule has 1 saturated carbocycles. The van der Waals surface area contributed by atoms with Gasteiger partial charge in [0, 0.05) is 26.6 Å². The number of carbonyl (C=O) groups excluding carboxylic acids is 1. The van der Waals surface area contributed by atoms with Gasteiger partial charge in [0.25, 0.3) is 0 Å². The summed E-state index contributed by atoms with van der Waals surface area (Å²) in [6, 6.07) is 6.30. The molecule has 1 N–H and O–H groups in total. The van der Waals surface area contributed by atoms with E-state index in [9.17, 15) is 9.18 Å². The molecule has 1 heterocycles. The Bertz CT molecular complexity index is 749. The van der Waals surface area contributed by atoms with E-state index < -0.39 is 0 Å². The normalized spacial score (nSPS) is 22.0. The lowest BCUT2D eigenvalue weighted by atomic mass is 9.85. The maximum atomic E-state index is 13.8. The van der Waals surface area contributed by atoms with E-state index in [2.05, 4.69) is 10.3 Å². The Kier molecular flexibility index (Phi) is 6.00. The van der Waals surface area contributed by atoms with Crippen molar-refractivity contribution < 1.29 is 23.1 Å². The molecule has 1 amide bonds. The van der Waals surface area contributed by atoms with Crippen molar-refractivity contribution >= 4 is 5.91 Å². The number of hydrogen-bond donors (Lipinski definition) is 1. The zero-order chi connectivity index (χ0) is 18.5. The molecule has 3 atom stereocenters. The minimum atomic E-state index is -0.368. The summed E-state index contributed by atoms with van der Waals surface area (Å²) >= 11 is 0. The Balaban J connectivity index is 1.49. The highest BCUT2D eigenvalue weighted by Crippen LogP contribution is 2.27. The van der Waals surface area contributed by atoms with Crippen molar-refractivity contribution in [3.05, 3.63) is 42.2 Å². The second kappa shape index (κ2) is 8.42. The van der Waals surface area contributed by atoms with Crippen LogP contribution in [-0.2, 0) is 20.7 Å². The molecule has 0 spiro atoms. The van der Waals surface area contributed by atoms with Gasteiger partial charge in [0.1, 0.15) is 11.9 Å². The highest BCUT2D eigenvalue weighted by Gasteiger charge is 2.42. The van der Waals surface area contributed by atoms with Gasteiger partial charge in [-0.25, -0.2) is 9.37 Å². The Morgan fingerprint density at radius 3 is 2.96 bits per heavy atom. The van der Waals surface area contributed by atoms with Crippen molar-refractivity contribution in [2.45, 2.75) is 44.4 Å². The van der Waals surface area contributed by atoms with E-state index in [0.717, 1.165) is 6.42 Å². The molecule has 0 bridgehead atoms. The zero-order valence-electron chi connectivity index (χ0n) is 14.9. The first kappa shape index (κ1) is 18.5. The van der Waals surface area contributed by atoms with Crippen LogP contribution < -0.4 is 5.32 Å². The van der Waals surface area contributed by atoms with Crippen LogP contribution in [0.15, 0.2) is 34.9 Å². The third-order valence-corrected chi connectivity index (χ3v) is 4.51.